The van der Waals surface area contributed by atoms with Crippen LogP contribution in [-0.4, -0.2) is 29.2 Å². The summed E-state index contributed by atoms with van der Waals surface area (Å²) >= 11 is 5.11. The van der Waals surface area contributed by atoms with Gasteiger partial charge in [0.25, 0.3) is 0 Å². The highest BCUT2D eigenvalue weighted by Crippen LogP contribution is 2.39. The minimum Gasteiger partial charge on any atom is -0.507 e. The van der Waals surface area contributed by atoms with Crippen molar-refractivity contribution in [2.45, 2.75) is 65.4 Å². The average molecular weight is 371 g/mol. The first-order valence-corrected chi connectivity index (χ1v) is 8.52. The van der Waals surface area contributed by atoms with Gasteiger partial charge in [-0.15, -0.1) is 0 Å². The molecule has 1 aromatic carbocycles. The largest absolute Gasteiger partial charge is 0.507 e. The number of ether oxygens (including phenoxy) is 2. The Hall–Kier alpha value is -1.75. The zero-order valence-corrected chi connectivity index (χ0v) is 16.7. The monoisotopic (exact) mass is 370 g/mol. The Balaban J connectivity index is 3.22. The smallest absolute Gasteiger partial charge is 0.403 e. The van der Waals surface area contributed by atoms with Gasteiger partial charge in [0.1, 0.15) is 18.5 Å². The number of carbonyl (C=O) groups excluding carboxylic acids is 2. The van der Waals surface area contributed by atoms with E-state index in [1.807, 2.05) is 41.5 Å². The normalized spacial score (nSPS) is 13.3. The number of benzene rings is 1. The van der Waals surface area contributed by atoms with E-state index >= 15 is 0 Å². The van der Waals surface area contributed by atoms with Gasteiger partial charge in [0.15, 0.2) is 0 Å². The molecule has 0 fully saturated rings. The lowest BCUT2D eigenvalue weighted by atomic mass is 9.78. The van der Waals surface area contributed by atoms with Crippen LogP contribution in [0.4, 0.5) is 4.79 Å². The molecule has 5 nitrogen and oxygen atoms in total. The number of halogens is 1. The molecule has 140 valence electrons. The highest BCUT2D eigenvalue weighted by Gasteiger charge is 2.28. The molecule has 0 saturated carbocycles. The molecule has 0 bridgehead atoms. The summed E-state index contributed by atoms with van der Waals surface area (Å²) in [5.41, 5.74) is 0.0491. The van der Waals surface area contributed by atoms with Gasteiger partial charge in [-0.25, -0.2) is 9.59 Å². The second-order valence-electron chi connectivity index (χ2n) is 8.18. The van der Waals surface area contributed by atoms with Crippen LogP contribution in [0.25, 0.3) is 0 Å². The molecular formula is C19H27ClO5. The van der Waals surface area contributed by atoms with Crippen LogP contribution in [0, 0.1) is 0 Å². The molecule has 0 amide bonds. The van der Waals surface area contributed by atoms with E-state index in [2.05, 4.69) is 4.74 Å². The third-order valence-corrected chi connectivity index (χ3v) is 3.81. The van der Waals surface area contributed by atoms with Crippen LogP contribution in [0.3, 0.4) is 0 Å². The zero-order chi connectivity index (χ0) is 19.6. The summed E-state index contributed by atoms with van der Waals surface area (Å²) in [6.45, 7) is 13.3. The molecule has 0 heterocycles. The van der Waals surface area contributed by atoms with Crippen LogP contribution in [0.15, 0.2) is 12.1 Å². The Bertz CT molecular complexity index is 618. The maximum atomic E-state index is 12.5. The van der Waals surface area contributed by atoms with Crippen molar-refractivity contribution >= 4 is 23.0 Å². The van der Waals surface area contributed by atoms with E-state index in [0.29, 0.717) is 16.7 Å². The highest BCUT2D eigenvalue weighted by atomic mass is 35.5. The summed E-state index contributed by atoms with van der Waals surface area (Å²) < 4.78 is 9.93. The van der Waals surface area contributed by atoms with E-state index < -0.39 is 17.5 Å². The van der Waals surface area contributed by atoms with Gasteiger partial charge in [0.2, 0.25) is 0 Å². The van der Waals surface area contributed by atoms with E-state index in [0.717, 1.165) is 0 Å². The minimum atomic E-state index is -0.947. The quantitative estimate of drug-likeness (QED) is 0.602. The lowest BCUT2D eigenvalue weighted by Crippen LogP contribution is -2.23. The third kappa shape index (κ3) is 5.92. The minimum absolute atomic E-state index is 0.121. The molecule has 0 aromatic heterocycles. The summed E-state index contributed by atoms with van der Waals surface area (Å²) in [7, 11) is 0. The number of carbonyl (C=O) groups is 2. The molecule has 0 aliphatic rings. The average Bonchev–Trinajstić information content (AvgIpc) is 2.42. The molecule has 0 aliphatic heterocycles. The highest BCUT2D eigenvalue weighted by molar-refractivity contribution is 6.61. The van der Waals surface area contributed by atoms with Crippen LogP contribution in [0.5, 0.6) is 5.75 Å². The van der Waals surface area contributed by atoms with Crippen molar-refractivity contribution in [1.82, 2.24) is 0 Å². The predicted molar refractivity (Wildman–Crippen MR) is 97.6 cm³/mol. The van der Waals surface area contributed by atoms with Crippen LogP contribution in [-0.2, 0) is 20.3 Å². The van der Waals surface area contributed by atoms with Crippen LogP contribution in [0.2, 0.25) is 0 Å². The third-order valence-electron chi connectivity index (χ3n) is 3.70. The van der Waals surface area contributed by atoms with Crippen molar-refractivity contribution in [2.75, 3.05) is 6.61 Å². The molecule has 0 saturated heterocycles. The summed E-state index contributed by atoms with van der Waals surface area (Å²) in [4.78, 5) is 23.1. The number of phenols is 1. The Morgan fingerprint density at radius 3 is 1.88 bits per heavy atom. The van der Waals surface area contributed by atoms with Crippen molar-refractivity contribution in [1.29, 1.82) is 0 Å². The molecule has 0 spiro atoms. The van der Waals surface area contributed by atoms with Gasteiger partial charge >= 0.3 is 11.4 Å². The fourth-order valence-electron chi connectivity index (χ4n) is 2.36. The fourth-order valence-corrected chi connectivity index (χ4v) is 2.43. The van der Waals surface area contributed by atoms with Gasteiger partial charge < -0.3 is 14.6 Å². The molecule has 1 aromatic rings. The van der Waals surface area contributed by atoms with Crippen LogP contribution < -0.4 is 0 Å². The number of rotatable bonds is 4. The van der Waals surface area contributed by atoms with Gasteiger partial charge in [0, 0.05) is 22.7 Å². The van der Waals surface area contributed by atoms with Crippen molar-refractivity contribution in [3.8, 4) is 5.75 Å². The van der Waals surface area contributed by atoms with Gasteiger partial charge in [-0.1, -0.05) is 41.5 Å². The fraction of sp³-hybridized carbons (Fsp3) is 0.579. The van der Waals surface area contributed by atoms with E-state index in [-0.39, 0.29) is 23.2 Å². The number of hydrogen-bond acceptors (Lipinski definition) is 5. The lowest BCUT2D eigenvalue weighted by molar-refractivity contribution is 0.0179. The Labute approximate surface area is 154 Å². The van der Waals surface area contributed by atoms with Gasteiger partial charge in [0.05, 0.1) is 5.56 Å². The molecule has 1 N–H and O–H groups in total. The van der Waals surface area contributed by atoms with E-state index in [4.69, 9.17) is 16.3 Å². The SMILES string of the molecule is CC(COC(=O)Cl)OC(=O)c1cc(C(C)(C)C)c(O)c(C(C)(C)C)c1. The summed E-state index contributed by atoms with van der Waals surface area (Å²) in [5.74, 6) is -0.352. The molecule has 6 heteroatoms. The molecule has 0 aliphatic carbocycles. The lowest BCUT2D eigenvalue weighted by Gasteiger charge is -2.28. The number of aromatic hydroxyl groups is 1. The Morgan fingerprint density at radius 2 is 1.52 bits per heavy atom. The Morgan fingerprint density at radius 1 is 1.08 bits per heavy atom. The molecule has 25 heavy (non-hydrogen) atoms. The van der Waals surface area contributed by atoms with E-state index in [9.17, 15) is 14.7 Å². The predicted octanol–water partition coefficient (Wildman–Crippen LogP) is 4.91. The van der Waals surface area contributed by atoms with Gasteiger partial charge in [-0.3, -0.25) is 0 Å². The second kappa shape index (κ2) is 7.65. The van der Waals surface area contributed by atoms with Crippen molar-refractivity contribution in [3.05, 3.63) is 28.8 Å². The van der Waals surface area contributed by atoms with Gasteiger partial charge in [-0.2, -0.15) is 0 Å². The first kappa shape index (κ1) is 21.3. The molecule has 1 rings (SSSR count). The van der Waals surface area contributed by atoms with Crippen LogP contribution >= 0.6 is 11.6 Å². The topological polar surface area (TPSA) is 72.8 Å². The summed E-state index contributed by atoms with van der Waals surface area (Å²) in [6, 6.07) is 3.29. The number of phenolic OH excluding ortho intramolecular Hbond substituents is 1. The number of esters is 1. The summed E-state index contributed by atoms with van der Waals surface area (Å²) in [5, 5.41) is 10.7. The van der Waals surface area contributed by atoms with Crippen molar-refractivity contribution in [3.63, 3.8) is 0 Å². The summed E-state index contributed by atoms with van der Waals surface area (Å²) in [6.07, 6.45) is -0.639. The van der Waals surface area contributed by atoms with E-state index in [1.165, 1.54) is 0 Å². The first-order valence-electron chi connectivity index (χ1n) is 8.14. The maximum absolute atomic E-state index is 12.5. The second-order valence-corrected chi connectivity index (χ2v) is 8.49. The molecule has 0 radical (unpaired) electrons. The van der Waals surface area contributed by atoms with Crippen molar-refractivity contribution in [2.24, 2.45) is 0 Å². The molecule has 1 atom stereocenters. The standard InChI is InChI=1S/C19H27ClO5/c1-11(10-24-17(20)23)25-16(22)12-8-13(18(2,3)4)15(21)14(9-12)19(5,6)7/h8-9,11,21H,10H2,1-7H3. The number of hydrogen-bond donors (Lipinski definition) is 1. The first-order chi connectivity index (χ1) is 11.2. The molecule has 1 unspecified atom stereocenters. The van der Waals surface area contributed by atoms with Crippen LogP contribution in [0.1, 0.15) is 70.0 Å². The molecular weight excluding hydrogens is 344 g/mol. The van der Waals surface area contributed by atoms with E-state index in [1.54, 1.807) is 19.1 Å². The zero-order valence-electron chi connectivity index (χ0n) is 15.9. The van der Waals surface area contributed by atoms with Crippen molar-refractivity contribution < 1.29 is 24.2 Å². The van der Waals surface area contributed by atoms with Gasteiger partial charge in [-0.05, 0) is 29.9 Å². The Kier molecular flexibility index (Phi) is 6.51. The maximum Gasteiger partial charge on any atom is 0.403 e.